The number of hydrogen-bond donors (Lipinski definition) is 4. The van der Waals surface area contributed by atoms with Crippen molar-refractivity contribution in [2.45, 2.75) is 39.2 Å². The zero-order valence-corrected chi connectivity index (χ0v) is 24.4. The molecule has 0 radical (unpaired) electrons. The van der Waals surface area contributed by atoms with Crippen molar-refractivity contribution in [1.29, 1.82) is 0 Å². The average Bonchev–Trinajstić information content (AvgIpc) is 3.31. The molecule has 0 aliphatic carbocycles. The fourth-order valence-corrected chi connectivity index (χ4v) is 4.98. The van der Waals surface area contributed by atoms with Gasteiger partial charge in [-0.15, -0.1) is 10.2 Å². The summed E-state index contributed by atoms with van der Waals surface area (Å²) in [6.45, 7) is 4.47. The molecule has 222 valence electrons. The lowest BCUT2D eigenvalue weighted by molar-refractivity contribution is -0.121. The number of phenolic OH excluding ortho intramolecular Hbond substituents is 2. The van der Waals surface area contributed by atoms with Crippen LogP contribution in [0.1, 0.15) is 55.0 Å². The van der Waals surface area contributed by atoms with Crippen LogP contribution < -0.4 is 15.4 Å². The predicted molar refractivity (Wildman–Crippen MR) is 162 cm³/mol. The summed E-state index contributed by atoms with van der Waals surface area (Å²) in [5.74, 6) is 0.633. The zero-order valence-electron chi connectivity index (χ0n) is 23.7. The number of amides is 2. The summed E-state index contributed by atoms with van der Waals surface area (Å²) in [6.07, 6.45) is 0.648. The molecule has 1 aromatic heterocycles. The molecule has 2 heterocycles. The van der Waals surface area contributed by atoms with E-state index in [4.69, 9.17) is 21.3 Å². The van der Waals surface area contributed by atoms with Crippen LogP contribution in [-0.2, 0) is 9.59 Å². The van der Waals surface area contributed by atoms with E-state index in [1.54, 1.807) is 12.1 Å². The zero-order chi connectivity index (χ0) is 30.5. The summed E-state index contributed by atoms with van der Waals surface area (Å²) in [5, 5.41) is 34.2. The molecule has 0 bridgehead atoms. The van der Waals surface area contributed by atoms with Gasteiger partial charge in [0.05, 0.1) is 30.1 Å². The Bertz CT molecular complexity index is 1680. The Morgan fingerprint density at radius 1 is 1.05 bits per heavy atom. The molecule has 1 aliphatic rings. The van der Waals surface area contributed by atoms with Crippen molar-refractivity contribution in [3.63, 3.8) is 0 Å². The third-order valence-electron chi connectivity index (χ3n) is 6.87. The Balaban J connectivity index is 1.40. The number of aryl methyl sites for hydroxylation is 1. The topological polar surface area (TPSA) is 151 Å². The van der Waals surface area contributed by atoms with E-state index in [0.29, 0.717) is 41.1 Å². The van der Waals surface area contributed by atoms with Crippen molar-refractivity contribution in [2.24, 2.45) is 4.99 Å². The molecule has 4 aromatic rings. The highest BCUT2D eigenvalue weighted by atomic mass is 35.5. The van der Waals surface area contributed by atoms with Crippen LogP contribution in [0.3, 0.4) is 0 Å². The molecule has 5 rings (SSSR count). The average molecular weight is 603 g/mol. The number of nitrogens with zero attached hydrogens (tertiary/aromatic N) is 4. The van der Waals surface area contributed by atoms with E-state index in [1.807, 2.05) is 48.7 Å². The molecule has 0 saturated heterocycles. The maximum absolute atomic E-state index is 12.7. The molecule has 0 fully saturated rings. The first-order valence-electron chi connectivity index (χ1n) is 13.9. The number of halogens is 1. The molecular weight excluding hydrogens is 572 g/mol. The molecule has 4 N–H and O–H groups in total. The van der Waals surface area contributed by atoms with Crippen molar-refractivity contribution in [3.8, 4) is 22.9 Å². The SMILES string of the molecule is CCNC(=O)C[C@@H]1N=C(c2ccc(Cl)cc2)c2cc(OCCCC(=O)Nc3cccc(O)c3O)ccc2-n2c(C)nnc21. The van der Waals surface area contributed by atoms with Gasteiger partial charge in [-0.25, -0.2) is 0 Å². The van der Waals surface area contributed by atoms with Crippen LogP contribution in [0.2, 0.25) is 5.02 Å². The van der Waals surface area contributed by atoms with Gasteiger partial charge >= 0.3 is 0 Å². The number of ether oxygens (including phenoxy) is 1. The predicted octanol–water partition coefficient (Wildman–Crippen LogP) is 4.86. The maximum Gasteiger partial charge on any atom is 0.224 e. The van der Waals surface area contributed by atoms with Gasteiger partial charge in [0.15, 0.2) is 17.3 Å². The summed E-state index contributed by atoms with van der Waals surface area (Å²) < 4.78 is 7.95. The smallest absolute Gasteiger partial charge is 0.224 e. The second-order valence-corrected chi connectivity index (χ2v) is 10.4. The standard InChI is InChI=1S/C31H31ClN6O5/c1-3-33-28(41)17-24-31-37-36-18(2)38(31)25-14-13-21(16-22(25)29(35-24)19-9-11-20(32)12-10-19)43-15-5-8-27(40)34-23-6-4-7-26(39)30(23)42/h4,6-7,9-14,16,24,39,42H,3,5,8,15,17H2,1-2H3,(H,33,41)(H,34,40)/t24-/m0/s1. The molecule has 1 aliphatic heterocycles. The molecule has 3 aromatic carbocycles. The molecule has 11 nitrogen and oxygen atoms in total. The lowest BCUT2D eigenvalue weighted by Gasteiger charge is -2.15. The fourth-order valence-electron chi connectivity index (χ4n) is 4.85. The number of benzene rings is 3. The van der Waals surface area contributed by atoms with E-state index in [1.165, 1.54) is 18.2 Å². The highest BCUT2D eigenvalue weighted by molar-refractivity contribution is 6.30. The number of anilines is 1. The first kappa shape index (κ1) is 29.6. The minimum Gasteiger partial charge on any atom is -0.504 e. The Morgan fingerprint density at radius 3 is 2.60 bits per heavy atom. The lowest BCUT2D eigenvalue weighted by Crippen LogP contribution is -2.25. The van der Waals surface area contributed by atoms with Gasteiger partial charge < -0.3 is 25.6 Å². The summed E-state index contributed by atoms with van der Waals surface area (Å²) in [5.41, 5.74) is 3.16. The van der Waals surface area contributed by atoms with E-state index in [9.17, 15) is 19.8 Å². The molecule has 43 heavy (non-hydrogen) atoms. The molecule has 0 unspecified atom stereocenters. The highest BCUT2D eigenvalue weighted by Crippen LogP contribution is 2.35. The van der Waals surface area contributed by atoms with Crippen molar-refractivity contribution in [2.75, 3.05) is 18.5 Å². The summed E-state index contributed by atoms with van der Waals surface area (Å²) in [7, 11) is 0. The molecule has 0 saturated carbocycles. The maximum atomic E-state index is 12.7. The number of carbonyl (C=O) groups is 2. The number of para-hydroxylation sites is 1. The van der Waals surface area contributed by atoms with E-state index in [-0.39, 0.29) is 48.4 Å². The Kier molecular flexibility index (Phi) is 8.91. The van der Waals surface area contributed by atoms with Gasteiger partial charge in [0.1, 0.15) is 17.6 Å². The van der Waals surface area contributed by atoms with E-state index in [0.717, 1.165) is 16.8 Å². The van der Waals surface area contributed by atoms with E-state index in [2.05, 4.69) is 20.8 Å². The van der Waals surface area contributed by atoms with Gasteiger partial charge in [-0.05, 0) is 62.7 Å². The van der Waals surface area contributed by atoms with Crippen LogP contribution in [0.25, 0.3) is 5.69 Å². The number of carbonyl (C=O) groups excluding carboxylic acids is 2. The molecule has 1 atom stereocenters. The van der Waals surface area contributed by atoms with Gasteiger partial charge in [0.2, 0.25) is 11.8 Å². The first-order chi connectivity index (χ1) is 20.7. The van der Waals surface area contributed by atoms with Crippen LogP contribution in [0.15, 0.2) is 65.7 Å². The Morgan fingerprint density at radius 2 is 1.84 bits per heavy atom. The monoisotopic (exact) mass is 602 g/mol. The van der Waals surface area contributed by atoms with Gasteiger partial charge in [-0.3, -0.25) is 19.1 Å². The van der Waals surface area contributed by atoms with Crippen LogP contribution in [0, 0.1) is 6.92 Å². The fraction of sp³-hybridized carbons (Fsp3) is 0.258. The van der Waals surface area contributed by atoms with Gasteiger partial charge in [0.25, 0.3) is 0 Å². The van der Waals surface area contributed by atoms with Crippen LogP contribution in [0.5, 0.6) is 17.2 Å². The van der Waals surface area contributed by atoms with Gasteiger partial charge in [-0.1, -0.05) is 29.8 Å². The van der Waals surface area contributed by atoms with Crippen LogP contribution in [0.4, 0.5) is 5.69 Å². The molecule has 0 spiro atoms. The number of rotatable bonds is 10. The normalized spacial score (nSPS) is 13.7. The number of nitrogens with one attached hydrogen (secondary N) is 2. The minimum absolute atomic E-state index is 0.100. The second kappa shape index (κ2) is 13.0. The number of hydrogen-bond acceptors (Lipinski definition) is 8. The number of aromatic hydroxyl groups is 2. The number of aromatic nitrogens is 3. The third kappa shape index (κ3) is 6.62. The van der Waals surface area contributed by atoms with Crippen molar-refractivity contribution < 1.29 is 24.5 Å². The van der Waals surface area contributed by atoms with Crippen molar-refractivity contribution in [3.05, 3.63) is 88.5 Å². The quantitative estimate of drug-likeness (QED) is 0.149. The first-order valence-corrected chi connectivity index (χ1v) is 14.2. The highest BCUT2D eigenvalue weighted by Gasteiger charge is 2.30. The summed E-state index contributed by atoms with van der Waals surface area (Å²) in [4.78, 5) is 30.1. The summed E-state index contributed by atoms with van der Waals surface area (Å²) in [6, 6.07) is 16.7. The van der Waals surface area contributed by atoms with Gasteiger partial charge in [0, 0.05) is 29.1 Å². The van der Waals surface area contributed by atoms with Crippen LogP contribution in [-0.4, -0.2) is 55.7 Å². The molecule has 2 amide bonds. The number of fused-ring (bicyclic) bond motifs is 3. The van der Waals surface area contributed by atoms with E-state index < -0.39 is 6.04 Å². The Labute approximate surface area is 253 Å². The van der Waals surface area contributed by atoms with Gasteiger partial charge in [-0.2, -0.15) is 0 Å². The van der Waals surface area contributed by atoms with Crippen molar-refractivity contribution >= 4 is 34.8 Å². The number of phenols is 2. The minimum atomic E-state index is -0.584. The third-order valence-corrected chi connectivity index (χ3v) is 7.12. The molecular formula is C31H31ClN6O5. The second-order valence-electron chi connectivity index (χ2n) is 9.95. The Hall–Kier alpha value is -4.90. The summed E-state index contributed by atoms with van der Waals surface area (Å²) >= 11 is 6.18. The largest absolute Gasteiger partial charge is 0.504 e. The lowest BCUT2D eigenvalue weighted by atomic mass is 10.00. The number of aliphatic imine (C=N–C) groups is 1. The van der Waals surface area contributed by atoms with Crippen LogP contribution >= 0.6 is 11.6 Å². The molecule has 12 heteroatoms. The van der Waals surface area contributed by atoms with E-state index >= 15 is 0 Å². The van der Waals surface area contributed by atoms with Crippen molar-refractivity contribution in [1.82, 2.24) is 20.1 Å².